The number of anilines is 3. The van der Waals surface area contributed by atoms with Crippen LogP contribution in [0.1, 0.15) is 19.0 Å². The fourth-order valence-corrected chi connectivity index (χ4v) is 3.61. The van der Waals surface area contributed by atoms with Crippen molar-refractivity contribution < 1.29 is 14.6 Å². The topological polar surface area (TPSA) is 118 Å². The summed E-state index contributed by atoms with van der Waals surface area (Å²) in [6, 6.07) is 5.60. The summed E-state index contributed by atoms with van der Waals surface area (Å²) < 4.78 is 7.34. The number of fused-ring (bicyclic) bond motifs is 1. The van der Waals surface area contributed by atoms with Crippen molar-refractivity contribution >= 4 is 34.6 Å². The number of nitrogens with zero attached hydrogens (tertiary/aromatic N) is 6. The molecular weight excluding hydrogens is 386 g/mol. The van der Waals surface area contributed by atoms with Crippen LogP contribution in [0.2, 0.25) is 0 Å². The molecular formula is C20H25N7O3. The normalized spacial score (nSPS) is 16.3. The van der Waals surface area contributed by atoms with Gasteiger partial charge in [0.05, 0.1) is 24.8 Å². The number of aromatic nitrogens is 5. The first-order valence-corrected chi connectivity index (χ1v) is 10.1. The van der Waals surface area contributed by atoms with Gasteiger partial charge >= 0.3 is 5.97 Å². The van der Waals surface area contributed by atoms with Crippen LogP contribution in [0.3, 0.4) is 0 Å². The third-order valence-electron chi connectivity index (χ3n) is 5.13. The Kier molecular flexibility index (Phi) is 5.75. The van der Waals surface area contributed by atoms with E-state index in [1.165, 1.54) is 0 Å². The summed E-state index contributed by atoms with van der Waals surface area (Å²) in [5.41, 5.74) is 2.28. The third kappa shape index (κ3) is 4.04. The minimum Gasteiger partial charge on any atom is -0.481 e. The first-order chi connectivity index (χ1) is 14.6. The van der Waals surface area contributed by atoms with Crippen molar-refractivity contribution in [3.8, 4) is 0 Å². The van der Waals surface area contributed by atoms with E-state index < -0.39 is 11.9 Å². The quantitative estimate of drug-likeness (QED) is 0.538. The molecule has 0 unspecified atom stereocenters. The van der Waals surface area contributed by atoms with E-state index in [9.17, 15) is 9.90 Å². The Morgan fingerprint density at radius 3 is 2.93 bits per heavy atom. The average molecular weight is 411 g/mol. The lowest BCUT2D eigenvalue weighted by atomic mass is 10.1. The molecule has 4 heterocycles. The monoisotopic (exact) mass is 411 g/mol. The Labute approximate surface area is 173 Å². The molecule has 30 heavy (non-hydrogen) atoms. The maximum Gasteiger partial charge on any atom is 0.308 e. The predicted molar refractivity (Wildman–Crippen MR) is 112 cm³/mol. The highest BCUT2D eigenvalue weighted by atomic mass is 16.5. The molecule has 0 radical (unpaired) electrons. The first-order valence-electron chi connectivity index (χ1n) is 10.1. The van der Waals surface area contributed by atoms with E-state index in [2.05, 4.69) is 15.4 Å². The van der Waals surface area contributed by atoms with Crippen LogP contribution in [0.15, 0.2) is 24.4 Å². The lowest BCUT2D eigenvalue weighted by Gasteiger charge is -2.18. The molecule has 0 bridgehead atoms. The van der Waals surface area contributed by atoms with Crippen molar-refractivity contribution in [1.29, 1.82) is 0 Å². The molecule has 1 fully saturated rings. The van der Waals surface area contributed by atoms with Gasteiger partial charge in [-0.2, -0.15) is 10.1 Å². The van der Waals surface area contributed by atoms with Crippen LogP contribution in [-0.4, -0.2) is 62.1 Å². The second kappa shape index (κ2) is 8.62. The third-order valence-corrected chi connectivity index (χ3v) is 5.13. The molecule has 0 spiro atoms. The van der Waals surface area contributed by atoms with E-state index in [1.54, 1.807) is 6.20 Å². The van der Waals surface area contributed by atoms with Crippen LogP contribution in [-0.2, 0) is 16.1 Å². The minimum atomic E-state index is -0.787. The van der Waals surface area contributed by atoms with Gasteiger partial charge in [-0.3, -0.25) is 9.48 Å². The number of aliphatic carboxylic acids is 1. The van der Waals surface area contributed by atoms with Gasteiger partial charge in [0, 0.05) is 25.9 Å². The average Bonchev–Trinajstić information content (AvgIpc) is 3.35. The lowest BCUT2D eigenvalue weighted by Crippen LogP contribution is -2.24. The van der Waals surface area contributed by atoms with Crippen molar-refractivity contribution in [1.82, 2.24) is 24.7 Å². The molecule has 1 atom stereocenters. The highest BCUT2D eigenvalue weighted by Gasteiger charge is 2.30. The molecule has 158 valence electrons. The van der Waals surface area contributed by atoms with Gasteiger partial charge in [0.25, 0.3) is 0 Å². The molecule has 3 aromatic heterocycles. The van der Waals surface area contributed by atoms with Gasteiger partial charge in [-0.25, -0.2) is 9.97 Å². The Morgan fingerprint density at radius 1 is 1.37 bits per heavy atom. The van der Waals surface area contributed by atoms with Crippen molar-refractivity contribution in [2.24, 2.45) is 5.92 Å². The summed E-state index contributed by atoms with van der Waals surface area (Å²) in [5, 5.41) is 17.3. The number of hydrogen-bond acceptors (Lipinski definition) is 8. The Hall–Kier alpha value is -3.27. The predicted octanol–water partition coefficient (Wildman–Crippen LogP) is 2.22. The number of hydrogen-bond donors (Lipinski definition) is 2. The number of aryl methyl sites for hydroxylation is 1. The van der Waals surface area contributed by atoms with E-state index in [-0.39, 0.29) is 0 Å². The molecule has 0 aromatic carbocycles. The molecule has 1 aliphatic heterocycles. The summed E-state index contributed by atoms with van der Waals surface area (Å²) in [6.07, 6.45) is 2.28. The maximum atomic E-state index is 11.4. The van der Waals surface area contributed by atoms with Crippen molar-refractivity contribution in [3.63, 3.8) is 0 Å². The molecule has 0 aliphatic carbocycles. The summed E-state index contributed by atoms with van der Waals surface area (Å²) in [6.45, 7) is 6.59. The fourth-order valence-electron chi connectivity index (χ4n) is 3.61. The van der Waals surface area contributed by atoms with Crippen LogP contribution in [0, 0.1) is 12.8 Å². The second-order valence-corrected chi connectivity index (χ2v) is 7.18. The zero-order valence-corrected chi connectivity index (χ0v) is 17.1. The van der Waals surface area contributed by atoms with Gasteiger partial charge in [-0.05, 0) is 32.4 Å². The summed E-state index contributed by atoms with van der Waals surface area (Å²) >= 11 is 0. The van der Waals surface area contributed by atoms with Gasteiger partial charge in [0.2, 0.25) is 5.95 Å². The standard InChI is InChI=1S/C20H25N7O3/c1-3-30-11-10-27-17-16(13(2)25-27)23-20(26-9-7-14(12-26)19(28)29)24-18(17)22-15-6-4-5-8-21-15/h4-6,8,14H,3,7,9-12H2,1-2H3,(H,28,29)(H,21,22,23,24)/t14-/m0/s1. The molecule has 10 heteroatoms. The number of ether oxygens (including phenoxy) is 1. The molecule has 1 aliphatic rings. The summed E-state index contributed by atoms with van der Waals surface area (Å²) in [4.78, 5) is 27.1. The van der Waals surface area contributed by atoms with Crippen molar-refractivity contribution in [3.05, 3.63) is 30.1 Å². The second-order valence-electron chi connectivity index (χ2n) is 7.18. The SMILES string of the molecule is CCOCCn1nc(C)c2nc(N3CC[C@H](C(=O)O)C3)nc(Nc3ccccn3)c21. The summed E-state index contributed by atoms with van der Waals surface area (Å²) in [7, 11) is 0. The molecule has 2 N–H and O–H groups in total. The van der Waals surface area contributed by atoms with Gasteiger partial charge in [-0.15, -0.1) is 0 Å². The van der Waals surface area contributed by atoms with Gasteiger partial charge in [-0.1, -0.05) is 6.07 Å². The number of carboxylic acids is 1. The van der Waals surface area contributed by atoms with Crippen molar-refractivity contribution in [2.45, 2.75) is 26.8 Å². The molecule has 0 amide bonds. The maximum absolute atomic E-state index is 11.4. The van der Waals surface area contributed by atoms with E-state index in [0.717, 1.165) is 16.7 Å². The zero-order chi connectivity index (χ0) is 21.1. The van der Waals surface area contributed by atoms with Crippen molar-refractivity contribution in [2.75, 3.05) is 36.5 Å². The van der Waals surface area contributed by atoms with Crippen LogP contribution < -0.4 is 10.2 Å². The largest absolute Gasteiger partial charge is 0.481 e. The van der Waals surface area contributed by atoms with E-state index in [1.807, 2.05) is 41.6 Å². The van der Waals surface area contributed by atoms with E-state index >= 15 is 0 Å². The van der Waals surface area contributed by atoms with Crippen LogP contribution in [0.25, 0.3) is 11.0 Å². The number of carboxylic acid groups (broad SMARTS) is 1. The molecule has 3 aromatic rings. The van der Waals surface area contributed by atoms with Crippen LogP contribution in [0.4, 0.5) is 17.6 Å². The molecule has 4 rings (SSSR count). The van der Waals surface area contributed by atoms with E-state index in [0.29, 0.717) is 56.9 Å². The van der Waals surface area contributed by atoms with E-state index in [4.69, 9.17) is 14.7 Å². The smallest absolute Gasteiger partial charge is 0.308 e. The molecule has 10 nitrogen and oxygen atoms in total. The lowest BCUT2D eigenvalue weighted by molar-refractivity contribution is -0.140. The Bertz CT molecular complexity index is 1040. The van der Waals surface area contributed by atoms with Gasteiger partial charge < -0.3 is 20.1 Å². The molecule has 0 saturated carbocycles. The highest BCUT2D eigenvalue weighted by Crippen LogP contribution is 2.30. The fraction of sp³-hybridized carbons (Fsp3) is 0.450. The number of pyridine rings is 1. The van der Waals surface area contributed by atoms with Crippen LogP contribution in [0.5, 0.6) is 0 Å². The highest BCUT2D eigenvalue weighted by molar-refractivity contribution is 5.90. The summed E-state index contributed by atoms with van der Waals surface area (Å²) in [5.74, 6) is 0.544. The van der Waals surface area contributed by atoms with Crippen LogP contribution >= 0.6 is 0 Å². The van der Waals surface area contributed by atoms with Gasteiger partial charge in [0.1, 0.15) is 16.9 Å². The Balaban J connectivity index is 1.76. The number of nitrogens with one attached hydrogen (secondary N) is 1. The number of carbonyl (C=O) groups is 1. The van der Waals surface area contributed by atoms with Gasteiger partial charge in [0.15, 0.2) is 5.82 Å². The Morgan fingerprint density at radius 2 is 2.23 bits per heavy atom. The first kappa shape index (κ1) is 20.0. The number of rotatable bonds is 8. The zero-order valence-electron chi connectivity index (χ0n) is 17.1. The molecule has 1 saturated heterocycles. The minimum absolute atomic E-state index is 0.390.